The molecule has 140 valence electrons. The first kappa shape index (κ1) is 18.4. The van der Waals surface area contributed by atoms with Gasteiger partial charge in [0.15, 0.2) is 0 Å². The molecule has 0 saturated carbocycles. The van der Waals surface area contributed by atoms with Gasteiger partial charge in [0.05, 0.1) is 0 Å². The van der Waals surface area contributed by atoms with Crippen molar-refractivity contribution < 1.29 is 9.53 Å². The summed E-state index contributed by atoms with van der Waals surface area (Å²) in [5.41, 5.74) is 0. The molecule has 1 aromatic heterocycles. The van der Waals surface area contributed by atoms with Crippen molar-refractivity contribution in [3.8, 4) is 0 Å². The Bertz CT molecular complexity index is 553. The van der Waals surface area contributed by atoms with Crippen LogP contribution in [0.5, 0.6) is 0 Å². The van der Waals surface area contributed by atoms with Gasteiger partial charge in [-0.05, 0) is 32.1 Å². The predicted octanol–water partition coefficient (Wildman–Crippen LogP) is 1.98. The summed E-state index contributed by atoms with van der Waals surface area (Å²) in [4.78, 5) is 19.3. The normalized spacial score (nSPS) is 25.4. The lowest BCUT2D eigenvalue weighted by Gasteiger charge is -2.31. The highest BCUT2D eigenvalue weighted by Gasteiger charge is 2.36. The predicted molar refractivity (Wildman–Crippen MR) is 97.3 cm³/mol. The smallest absolute Gasteiger partial charge is 0.222 e. The topological polar surface area (TPSA) is 59.4 Å². The lowest BCUT2D eigenvalue weighted by atomic mass is 9.98. The average Bonchev–Trinajstić information content (AvgIpc) is 3.21. The summed E-state index contributed by atoms with van der Waals surface area (Å²) in [6.07, 6.45) is 8.85. The summed E-state index contributed by atoms with van der Waals surface area (Å²) >= 11 is 0. The van der Waals surface area contributed by atoms with E-state index in [4.69, 9.17) is 4.74 Å². The molecule has 3 rings (SSSR count). The summed E-state index contributed by atoms with van der Waals surface area (Å²) < 4.78 is 7.53. The number of amides is 1. The quantitative estimate of drug-likeness (QED) is 0.818. The molecule has 25 heavy (non-hydrogen) atoms. The zero-order valence-corrected chi connectivity index (χ0v) is 15.6. The molecular formula is C19H32N4O2. The highest BCUT2D eigenvalue weighted by atomic mass is 16.5. The minimum absolute atomic E-state index is 0.160. The van der Waals surface area contributed by atoms with Gasteiger partial charge in [-0.2, -0.15) is 0 Å². The third-order valence-corrected chi connectivity index (χ3v) is 5.69. The number of nitrogens with one attached hydrogen (secondary N) is 1. The first-order valence-electron chi connectivity index (χ1n) is 9.76. The lowest BCUT2D eigenvalue weighted by molar-refractivity contribution is -0.122. The molecule has 1 aromatic rings. The van der Waals surface area contributed by atoms with Gasteiger partial charge in [0.2, 0.25) is 5.91 Å². The molecule has 1 N–H and O–H groups in total. The number of hydrogen-bond donors (Lipinski definition) is 1. The van der Waals surface area contributed by atoms with E-state index < -0.39 is 0 Å². The average molecular weight is 348 g/mol. The van der Waals surface area contributed by atoms with Crippen LogP contribution in [-0.2, 0) is 16.1 Å². The van der Waals surface area contributed by atoms with E-state index in [1.54, 1.807) is 6.20 Å². The van der Waals surface area contributed by atoms with Crippen LogP contribution in [0.2, 0.25) is 0 Å². The van der Waals surface area contributed by atoms with E-state index in [0.717, 1.165) is 45.0 Å². The molecule has 2 atom stereocenters. The number of aryl methyl sites for hydroxylation is 2. The second-order valence-electron chi connectivity index (χ2n) is 7.44. The van der Waals surface area contributed by atoms with Crippen LogP contribution < -0.4 is 5.32 Å². The van der Waals surface area contributed by atoms with Gasteiger partial charge in [-0.1, -0.05) is 13.3 Å². The molecule has 3 heterocycles. The van der Waals surface area contributed by atoms with Crippen molar-refractivity contribution in [2.45, 2.75) is 64.6 Å². The summed E-state index contributed by atoms with van der Waals surface area (Å²) in [5, 5.41) is 3.32. The molecule has 2 aliphatic rings. The van der Waals surface area contributed by atoms with Crippen LogP contribution in [0.3, 0.4) is 0 Å². The Hall–Kier alpha value is -1.40. The van der Waals surface area contributed by atoms with Gasteiger partial charge in [-0.25, -0.2) is 4.98 Å². The van der Waals surface area contributed by atoms with Gasteiger partial charge in [0, 0.05) is 63.7 Å². The number of nitrogens with zero attached hydrogens (tertiary/aromatic N) is 3. The van der Waals surface area contributed by atoms with E-state index in [1.165, 1.54) is 12.8 Å². The largest absolute Gasteiger partial charge is 0.381 e. The summed E-state index contributed by atoms with van der Waals surface area (Å²) in [5.74, 6) is 1.70. The van der Waals surface area contributed by atoms with Crippen molar-refractivity contribution in [2.24, 2.45) is 5.92 Å². The molecule has 0 unspecified atom stereocenters. The summed E-state index contributed by atoms with van der Waals surface area (Å²) in [7, 11) is 0. The van der Waals surface area contributed by atoms with Crippen LogP contribution in [0.4, 0.5) is 0 Å². The molecule has 0 aromatic carbocycles. The molecule has 0 radical (unpaired) electrons. The molecule has 6 heteroatoms. The number of hydrogen-bond acceptors (Lipinski definition) is 4. The van der Waals surface area contributed by atoms with Gasteiger partial charge in [0.1, 0.15) is 5.82 Å². The second-order valence-corrected chi connectivity index (χ2v) is 7.44. The fourth-order valence-corrected chi connectivity index (χ4v) is 4.22. The molecule has 0 spiro atoms. The number of ether oxygens (including phenoxy) is 1. The Morgan fingerprint density at radius 3 is 2.84 bits per heavy atom. The van der Waals surface area contributed by atoms with E-state index in [2.05, 4.69) is 22.1 Å². The monoisotopic (exact) mass is 348 g/mol. The first-order valence-corrected chi connectivity index (χ1v) is 9.76. The van der Waals surface area contributed by atoms with Crippen LogP contribution in [0.15, 0.2) is 12.4 Å². The molecule has 6 nitrogen and oxygen atoms in total. The second kappa shape index (κ2) is 8.81. The van der Waals surface area contributed by atoms with Crippen molar-refractivity contribution >= 4 is 5.91 Å². The van der Waals surface area contributed by atoms with Crippen molar-refractivity contribution in [2.75, 3.05) is 26.3 Å². The minimum atomic E-state index is 0.160. The number of carbonyl (C=O) groups excluding carboxylic acids is 1. The maximum Gasteiger partial charge on any atom is 0.222 e. The Labute approximate surface area is 150 Å². The Morgan fingerprint density at radius 1 is 1.36 bits per heavy atom. The number of aromatic nitrogens is 2. The van der Waals surface area contributed by atoms with E-state index in [1.807, 2.05) is 17.7 Å². The number of imidazole rings is 1. The maximum absolute atomic E-state index is 12.5. The summed E-state index contributed by atoms with van der Waals surface area (Å²) in [6, 6.07) is 0.919. The van der Waals surface area contributed by atoms with Gasteiger partial charge in [-0.3, -0.25) is 9.69 Å². The van der Waals surface area contributed by atoms with E-state index in [0.29, 0.717) is 31.0 Å². The molecule has 2 saturated heterocycles. The standard InChI is InChI=1S/C19H32N4O2/c1-3-4-16-13-23(17-6-11-25-12-7-17)14-18(16)21-19(24)5-9-22-10-8-20-15(22)2/h8,10,16-18H,3-7,9,11-14H2,1-2H3,(H,21,24)/t16-,18-/m0/s1. The molecule has 0 bridgehead atoms. The van der Waals surface area contributed by atoms with Crippen LogP contribution in [0.25, 0.3) is 0 Å². The van der Waals surface area contributed by atoms with Gasteiger partial charge in [0.25, 0.3) is 0 Å². The highest BCUT2D eigenvalue weighted by molar-refractivity contribution is 5.76. The van der Waals surface area contributed by atoms with E-state index in [9.17, 15) is 4.79 Å². The fourth-order valence-electron chi connectivity index (χ4n) is 4.22. The number of rotatable bonds is 7. The zero-order chi connectivity index (χ0) is 17.6. The SMILES string of the molecule is CCC[C@H]1CN(C2CCOCC2)C[C@@H]1NC(=O)CCn1ccnc1C. The van der Waals surface area contributed by atoms with E-state index in [-0.39, 0.29) is 5.91 Å². The van der Waals surface area contributed by atoms with Crippen molar-refractivity contribution in [3.05, 3.63) is 18.2 Å². The molecule has 0 aliphatic carbocycles. The van der Waals surface area contributed by atoms with Crippen molar-refractivity contribution in [1.82, 2.24) is 19.8 Å². The highest BCUT2D eigenvalue weighted by Crippen LogP contribution is 2.27. The number of likely N-dealkylation sites (tertiary alicyclic amines) is 1. The lowest BCUT2D eigenvalue weighted by Crippen LogP contribution is -2.42. The molecule has 1 amide bonds. The van der Waals surface area contributed by atoms with Crippen molar-refractivity contribution in [3.63, 3.8) is 0 Å². The van der Waals surface area contributed by atoms with Gasteiger partial charge < -0.3 is 14.6 Å². The van der Waals surface area contributed by atoms with E-state index >= 15 is 0 Å². The number of carbonyl (C=O) groups is 1. The summed E-state index contributed by atoms with van der Waals surface area (Å²) in [6.45, 7) is 8.76. The minimum Gasteiger partial charge on any atom is -0.381 e. The third kappa shape index (κ3) is 4.82. The van der Waals surface area contributed by atoms with Gasteiger partial charge in [-0.15, -0.1) is 0 Å². The Kier molecular flexibility index (Phi) is 6.48. The van der Waals surface area contributed by atoms with Crippen LogP contribution in [-0.4, -0.2) is 58.7 Å². The van der Waals surface area contributed by atoms with Crippen LogP contribution in [0.1, 0.15) is 44.9 Å². The van der Waals surface area contributed by atoms with Gasteiger partial charge >= 0.3 is 0 Å². The third-order valence-electron chi connectivity index (χ3n) is 5.69. The van der Waals surface area contributed by atoms with Crippen molar-refractivity contribution in [1.29, 1.82) is 0 Å². The fraction of sp³-hybridized carbons (Fsp3) is 0.789. The van der Waals surface area contributed by atoms with Crippen LogP contribution in [0, 0.1) is 12.8 Å². The molecule has 2 fully saturated rings. The first-order chi connectivity index (χ1) is 12.2. The Morgan fingerprint density at radius 2 is 2.16 bits per heavy atom. The van der Waals surface area contributed by atoms with Crippen LogP contribution >= 0.6 is 0 Å². The maximum atomic E-state index is 12.5. The molecular weight excluding hydrogens is 316 g/mol. The Balaban J connectivity index is 1.51. The zero-order valence-electron chi connectivity index (χ0n) is 15.6. The molecule has 2 aliphatic heterocycles.